The summed E-state index contributed by atoms with van der Waals surface area (Å²) in [6.07, 6.45) is 0.243. The van der Waals surface area contributed by atoms with Gasteiger partial charge in [-0.3, -0.25) is 10.6 Å². The van der Waals surface area contributed by atoms with Crippen molar-refractivity contribution in [3.63, 3.8) is 0 Å². The number of carbonyl (C=O) groups is 2. The van der Waals surface area contributed by atoms with Gasteiger partial charge in [0.2, 0.25) is 0 Å². The number of aromatic nitrogens is 1. The van der Waals surface area contributed by atoms with E-state index in [1.165, 1.54) is 6.20 Å². The molecule has 4 N–H and O–H groups in total. The summed E-state index contributed by atoms with van der Waals surface area (Å²) in [6, 6.07) is 8.17. The number of nitrogens with zero attached hydrogens (tertiary/aromatic N) is 1. The van der Waals surface area contributed by atoms with Crippen molar-refractivity contribution in [3.8, 4) is 11.5 Å². The number of pyridine rings is 1. The van der Waals surface area contributed by atoms with Gasteiger partial charge in [-0.25, -0.2) is 14.6 Å². The Morgan fingerprint density at radius 3 is 2.36 bits per heavy atom. The highest BCUT2D eigenvalue weighted by Gasteiger charge is 2.17. The lowest BCUT2D eigenvalue weighted by Gasteiger charge is -2.19. The molecule has 0 fully saturated rings. The molecular weight excluding hydrogens is 364 g/mol. The van der Waals surface area contributed by atoms with Crippen LogP contribution >= 0.6 is 0 Å². The third-order valence-corrected chi connectivity index (χ3v) is 3.17. The second-order valence-corrected chi connectivity index (χ2v) is 6.67. The lowest BCUT2D eigenvalue weighted by atomic mass is 10.2. The molecule has 0 saturated carbocycles. The van der Waals surface area contributed by atoms with Crippen LogP contribution in [0.5, 0.6) is 11.5 Å². The van der Waals surface area contributed by atoms with Gasteiger partial charge in [-0.1, -0.05) is 0 Å². The minimum atomic E-state index is -0.663. The van der Waals surface area contributed by atoms with Gasteiger partial charge >= 0.3 is 12.2 Å². The summed E-state index contributed by atoms with van der Waals surface area (Å²) in [5.74, 6) is 0.856. The molecule has 0 aliphatic carbocycles. The van der Waals surface area contributed by atoms with Crippen molar-refractivity contribution >= 4 is 29.4 Å². The molecular formula is C19H24N4O5. The Bertz CT molecular complexity index is 831. The molecule has 0 saturated heterocycles. The number of hydrogen-bond donors (Lipinski definition) is 3. The van der Waals surface area contributed by atoms with Crippen LogP contribution in [0.25, 0.3) is 0 Å². The predicted molar refractivity (Wildman–Crippen MR) is 106 cm³/mol. The number of nitrogens with two attached hydrogens (primary N) is 1. The number of hydrogen-bond acceptors (Lipinski definition) is 7. The fraction of sp³-hybridized carbons (Fsp3) is 0.316. The minimum absolute atomic E-state index is 0.0914. The predicted octanol–water partition coefficient (Wildman–Crippen LogP) is 4.37. The Kier molecular flexibility index (Phi) is 6.64. The van der Waals surface area contributed by atoms with Crippen molar-refractivity contribution < 1.29 is 23.8 Å². The van der Waals surface area contributed by atoms with Gasteiger partial charge < -0.3 is 19.9 Å². The fourth-order valence-electron chi connectivity index (χ4n) is 2.09. The molecule has 1 heterocycles. The van der Waals surface area contributed by atoms with Crippen LogP contribution < -0.4 is 21.1 Å². The van der Waals surface area contributed by atoms with Crippen LogP contribution in [0.1, 0.15) is 27.7 Å². The summed E-state index contributed by atoms with van der Waals surface area (Å²) in [7, 11) is 0. The lowest BCUT2D eigenvalue weighted by Crippen LogP contribution is -2.27. The van der Waals surface area contributed by atoms with E-state index in [4.69, 9.17) is 19.9 Å². The van der Waals surface area contributed by atoms with Gasteiger partial charge in [0.1, 0.15) is 17.0 Å². The molecule has 28 heavy (non-hydrogen) atoms. The minimum Gasteiger partial charge on any atom is -0.455 e. The number of nitrogens with one attached hydrogen (secondary N) is 2. The van der Waals surface area contributed by atoms with Crippen LogP contribution in [0.4, 0.5) is 26.8 Å². The van der Waals surface area contributed by atoms with Crippen molar-refractivity contribution in [3.05, 3.63) is 36.5 Å². The normalized spacial score (nSPS) is 10.7. The van der Waals surface area contributed by atoms with Crippen LogP contribution in [-0.2, 0) is 9.47 Å². The first-order valence-corrected chi connectivity index (χ1v) is 8.64. The van der Waals surface area contributed by atoms with E-state index >= 15 is 0 Å². The number of carbonyl (C=O) groups excluding carboxylic acids is 2. The molecule has 0 unspecified atom stereocenters. The second-order valence-electron chi connectivity index (χ2n) is 6.67. The highest BCUT2D eigenvalue weighted by Crippen LogP contribution is 2.33. The van der Waals surface area contributed by atoms with Gasteiger partial charge in [0.05, 0.1) is 6.61 Å². The number of amides is 2. The average molecular weight is 388 g/mol. The van der Waals surface area contributed by atoms with Gasteiger partial charge in [0, 0.05) is 18.0 Å². The maximum atomic E-state index is 11.8. The van der Waals surface area contributed by atoms with E-state index in [1.54, 1.807) is 58.0 Å². The zero-order valence-electron chi connectivity index (χ0n) is 16.2. The highest BCUT2D eigenvalue weighted by molar-refractivity contribution is 5.90. The van der Waals surface area contributed by atoms with E-state index in [0.717, 1.165) is 0 Å². The zero-order chi connectivity index (χ0) is 20.7. The van der Waals surface area contributed by atoms with Crippen molar-refractivity contribution in [2.24, 2.45) is 0 Å². The van der Waals surface area contributed by atoms with Gasteiger partial charge in [-0.2, -0.15) is 0 Å². The Hall–Kier alpha value is -3.49. The number of rotatable bonds is 5. The molecule has 0 atom stereocenters. The largest absolute Gasteiger partial charge is 0.455 e. The molecule has 0 aliphatic heterocycles. The molecule has 1 aromatic heterocycles. The third-order valence-electron chi connectivity index (χ3n) is 3.17. The van der Waals surface area contributed by atoms with E-state index in [0.29, 0.717) is 17.2 Å². The zero-order valence-corrected chi connectivity index (χ0v) is 16.2. The van der Waals surface area contributed by atoms with Crippen LogP contribution in [0.2, 0.25) is 0 Å². The SMILES string of the molecule is CCOC(=O)Nc1c(Oc2ccc(NC(=O)OC(C)(C)C)cc2)ccnc1N. The molecule has 9 nitrogen and oxygen atoms in total. The standard InChI is InChI=1S/C19H24N4O5/c1-5-26-17(24)23-15-14(10-11-21-16(15)20)27-13-8-6-12(7-9-13)22-18(25)28-19(2,3)4/h6-11H,5H2,1-4H3,(H2,20,21)(H,22,25)(H,23,24). The molecule has 2 rings (SSSR count). The molecule has 0 radical (unpaired) electrons. The van der Waals surface area contributed by atoms with E-state index < -0.39 is 17.8 Å². The molecule has 1 aromatic carbocycles. The first-order chi connectivity index (χ1) is 13.2. The lowest BCUT2D eigenvalue weighted by molar-refractivity contribution is 0.0636. The monoisotopic (exact) mass is 388 g/mol. The van der Waals surface area contributed by atoms with Crippen molar-refractivity contribution in [2.75, 3.05) is 23.0 Å². The number of benzene rings is 1. The Balaban J connectivity index is 2.09. The molecule has 2 aromatic rings. The summed E-state index contributed by atoms with van der Waals surface area (Å²) < 4.78 is 15.8. The van der Waals surface area contributed by atoms with Crippen LogP contribution in [0, 0.1) is 0 Å². The smallest absolute Gasteiger partial charge is 0.412 e. The number of ether oxygens (including phenoxy) is 3. The summed E-state index contributed by atoms with van der Waals surface area (Å²) in [5.41, 5.74) is 5.99. The third kappa shape index (κ3) is 6.35. The van der Waals surface area contributed by atoms with E-state index in [9.17, 15) is 9.59 Å². The fourth-order valence-corrected chi connectivity index (χ4v) is 2.09. The molecule has 2 amide bonds. The van der Waals surface area contributed by atoms with Crippen molar-refractivity contribution in [1.82, 2.24) is 4.98 Å². The van der Waals surface area contributed by atoms with Crippen LogP contribution in [0.3, 0.4) is 0 Å². The summed E-state index contributed by atoms with van der Waals surface area (Å²) in [5, 5.41) is 5.14. The maximum absolute atomic E-state index is 11.8. The highest BCUT2D eigenvalue weighted by atomic mass is 16.6. The average Bonchev–Trinajstić information content (AvgIpc) is 2.58. The molecule has 0 spiro atoms. The van der Waals surface area contributed by atoms with Crippen LogP contribution in [-0.4, -0.2) is 29.4 Å². The Morgan fingerprint density at radius 1 is 1.07 bits per heavy atom. The summed E-state index contributed by atoms with van der Waals surface area (Å²) in [6.45, 7) is 7.26. The first kappa shape index (κ1) is 20.8. The van der Waals surface area contributed by atoms with Crippen molar-refractivity contribution in [2.45, 2.75) is 33.3 Å². The topological polar surface area (TPSA) is 125 Å². The maximum Gasteiger partial charge on any atom is 0.412 e. The molecule has 0 aliphatic rings. The van der Waals surface area contributed by atoms with Gasteiger partial charge in [0.25, 0.3) is 0 Å². The van der Waals surface area contributed by atoms with Crippen molar-refractivity contribution in [1.29, 1.82) is 0 Å². The second kappa shape index (κ2) is 8.94. The first-order valence-electron chi connectivity index (χ1n) is 8.64. The van der Waals surface area contributed by atoms with Gasteiger partial charge in [-0.15, -0.1) is 0 Å². The van der Waals surface area contributed by atoms with Gasteiger partial charge in [0.15, 0.2) is 11.6 Å². The quantitative estimate of drug-likeness (QED) is 0.694. The van der Waals surface area contributed by atoms with Crippen LogP contribution in [0.15, 0.2) is 36.5 Å². The Labute approximate surface area is 163 Å². The van der Waals surface area contributed by atoms with E-state index in [2.05, 4.69) is 15.6 Å². The molecule has 150 valence electrons. The molecule has 0 bridgehead atoms. The summed E-state index contributed by atoms with van der Waals surface area (Å²) in [4.78, 5) is 27.4. The Morgan fingerprint density at radius 2 is 1.75 bits per heavy atom. The number of anilines is 3. The summed E-state index contributed by atoms with van der Waals surface area (Å²) >= 11 is 0. The number of nitrogen functional groups attached to an aromatic ring is 1. The van der Waals surface area contributed by atoms with E-state index in [-0.39, 0.29) is 18.1 Å². The molecule has 9 heteroatoms. The van der Waals surface area contributed by atoms with E-state index in [1.807, 2.05) is 0 Å². The van der Waals surface area contributed by atoms with Gasteiger partial charge in [-0.05, 0) is 52.0 Å².